The molecule has 6 heteroatoms. The van der Waals surface area contributed by atoms with Crippen molar-refractivity contribution in [1.82, 2.24) is 4.31 Å². The second-order valence-corrected chi connectivity index (χ2v) is 4.07. The predicted octanol–water partition coefficient (Wildman–Crippen LogP) is -1.64. The summed E-state index contributed by atoms with van der Waals surface area (Å²) < 4.78 is 22.1. The number of nitrogens with two attached hydrogens (primary N) is 1. The van der Waals surface area contributed by atoms with Crippen LogP contribution in [0.5, 0.6) is 0 Å². The molecule has 0 rings (SSSR count). The highest BCUT2D eigenvalue weighted by Crippen LogP contribution is 1.89. The molecule has 10 heavy (non-hydrogen) atoms. The van der Waals surface area contributed by atoms with Crippen molar-refractivity contribution in [1.29, 1.82) is 0 Å². The average Bonchev–Trinajstić information content (AvgIpc) is 1.60. The van der Waals surface area contributed by atoms with Gasteiger partial charge in [0.25, 0.3) is 0 Å². The van der Waals surface area contributed by atoms with Gasteiger partial charge in [-0.1, -0.05) is 0 Å². The van der Waals surface area contributed by atoms with Crippen molar-refractivity contribution in [2.24, 2.45) is 5.73 Å². The topological polar surface area (TPSA) is 80.5 Å². The van der Waals surface area contributed by atoms with Crippen LogP contribution >= 0.6 is 0 Å². The van der Waals surface area contributed by atoms with E-state index in [4.69, 9.17) is 5.73 Å². The standard InChI is InChI=1S/C4H10N2O3S/c1-6(3-4(5)7)10(2,8)9/h3H2,1-2H3,(H2,5,7). The molecular weight excluding hydrogens is 156 g/mol. The first kappa shape index (κ1) is 9.38. The van der Waals surface area contributed by atoms with Crippen molar-refractivity contribution >= 4 is 15.9 Å². The summed E-state index contributed by atoms with van der Waals surface area (Å²) in [7, 11) is -1.97. The zero-order valence-corrected chi connectivity index (χ0v) is 6.68. The van der Waals surface area contributed by atoms with E-state index in [1.54, 1.807) is 0 Å². The minimum absolute atomic E-state index is 0.265. The zero-order chi connectivity index (χ0) is 8.36. The monoisotopic (exact) mass is 166 g/mol. The maximum Gasteiger partial charge on any atom is 0.232 e. The van der Waals surface area contributed by atoms with Crippen molar-refractivity contribution in [3.05, 3.63) is 0 Å². The Labute approximate surface area is 59.9 Å². The van der Waals surface area contributed by atoms with E-state index in [9.17, 15) is 13.2 Å². The molecule has 0 saturated carbocycles. The van der Waals surface area contributed by atoms with Gasteiger partial charge in [0.05, 0.1) is 12.8 Å². The lowest BCUT2D eigenvalue weighted by molar-refractivity contribution is -0.118. The van der Waals surface area contributed by atoms with E-state index >= 15 is 0 Å². The number of carbonyl (C=O) groups is 1. The van der Waals surface area contributed by atoms with Crippen LogP contribution < -0.4 is 5.73 Å². The number of hydrogen-bond donors (Lipinski definition) is 1. The highest BCUT2D eigenvalue weighted by molar-refractivity contribution is 7.88. The smallest absolute Gasteiger partial charge is 0.232 e. The lowest BCUT2D eigenvalue weighted by Gasteiger charge is -2.10. The van der Waals surface area contributed by atoms with Gasteiger partial charge in [0.1, 0.15) is 0 Å². The molecule has 0 saturated heterocycles. The Morgan fingerprint density at radius 2 is 2.00 bits per heavy atom. The Kier molecular flexibility index (Phi) is 2.79. The fourth-order valence-electron chi connectivity index (χ4n) is 0.337. The second-order valence-electron chi connectivity index (χ2n) is 1.99. The normalized spacial score (nSPS) is 11.9. The predicted molar refractivity (Wildman–Crippen MR) is 36.7 cm³/mol. The number of hydrogen-bond acceptors (Lipinski definition) is 3. The maximum atomic E-state index is 10.6. The first-order valence-electron chi connectivity index (χ1n) is 2.53. The third kappa shape index (κ3) is 3.41. The van der Waals surface area contributed by atoms with Gasteiger partial charge in [-0.05, 0) is 0 Å². The quantitative estimate of drug-likeness (QED) is 0.546. The fourth-order valence-corrected chi connectivity index (χ4v) is 0.698. The minimum Gasteiger partial charge on any atom is -0.369 e. The Bertz CT molecular complexity index is 221. The summed E-state index contributed by atoms with van der Waals surface area (Å²) in [6, 6.07) is 0. The number of sulfonamides is 1. The molecule has 1 amide bonds. The first-order chi connectivity index (χ1) is 4.34. The van der Waals surface area contributed by atoms with Crippen LogP contribution in [-0.4, -0.2) is 38.5 Å². The van der Waals surface area contributed by atoms with Crippen LogP contribution in [-0.2, 0) is 14.8 Å². The van der Waals surface area contributed by atoms with E-state index in [0.29, 0.717) is 0 Å². The Balaban J connectivity index is 4.12. The molecule has 5 nitrogen and oxygen atoms in total. The Morgan fingerprint density at radius 3 is 2.10 bits per heavy atom. The highest BCUT2D eigenvalue weighted by atomic mass is 32.2. The third-order valence-corrected chi connectivity index (χ3v) is 2.21. The number of likely N-dealkylation sites (N-methyl/N-ethyl adjacent to an activating group) is 1. The average molecular weight is 166 g/mol. The molecule has 2 N–H and O–H groups in total. The summed E-state index contributed by atoms with van der Waals surface area (Å²) in [5, 5.41) is 0. The first-order valence-corrected chi connectivity index (χ1v) is 4.38. The van der Waals surface area contributed by atoms with Gasteiger partial charge in [0, 0.05) is 7.05 Å². The molecule has 0 bridgehead atoms. The largest absolute Gasteiger partial charge is 0.369 e. The number of nitrogens with zero attached hydrogens (tertiary/aromatic N) is 1. The van der Waals surface area contributed by atoms with Crippen molar-refractivity contribution in [3.63, 3.8) is 0 Å². The van der Waals surface area contributed by atoms with Gasteiger partial charge in [-0.2, -0.15) is 4.31 Å². The molecule has 60 valence electrons. The van der Waals surface area contributed by atoms with Crippen molar-refractivity contribution in [2.75, 3.05) is 19.8 Å². The molecule has 0 atom stereocenters. The molecule has 0 aliphatic rings. The van der Waals surface area contributed by atoms with Gasteiger partial charge in [-0.3, -0.25) is 4.79 Å². The van der Waals surface area contributed by atoms with E-state index in [-0.39, 0.29) is 6.54 Å². The SMILES string of the molecule is CN(CC(N)=O)S(C)(=O)=O. The van der Waals surface area contributed by atoms with Gasteiger partial charge in [0.2, 0.25) is 15.9 Å². The van der Waals surface area contributed by atoms with E-state index < -0.39 is 15.9 Å². The van der Waals surface area contributed by atoms with Gasteiger partial charge < -0.3 is 5.73 Å². The maximum absolute atomic E-state index is 10.6. The van der Waals surface area contributed by atoms with Gasteiger partial charge >= 0.3 is 0 Å². The number of primary amides is 1. The molecule has 0 fully saturated rings. The van der Waals surface area contributed by atoms with Gasteiger partial charge in [-0.15, -0.1) is 0 Å². The summed E-state index contributed by atoms with van der Waals surface area (Å²) in [6.07, 6.45) is 1.01. The summed E-state index contributed by atoms with van der Waals surface area (Å²) in [4.78, 5) is 10.2. The van der Waals surface area contributed by atoms with Crippen molar-refractivity contribution in [2.45, 2.75) is 0 Å². The highest BCUT2D eigenvalue weighted by Gasteiger charge is 2.12. The van der Waals surface area contributed by atoms with Crippen LogP contribution in [0.4, 0.5) is 0 Å². The Morgan fingerprint density at radius 1 is 1.60 bits per heavy atom. The van der Waals surface area contributed by atoms with E-state index in [0.717, 1.165) is 10.6 Å². The van der Waals surface area contributed by atoms with E-state index in [1.165, 1.54) is 7.05 Å². The number of rotatable bonds is 3. The van der Waals surface area contributed by atoms with Crippen LogP contribution in [0.3, 0.4) is 0 Å². The molecule has 0 unspecified atom stereocenters. The van der Waals surface area contributed by atoms with Gasteiger partial charge in [-0.25, -0.2) is 8.42 Å². The van der Waals surface area contributed by atoms with Crippen LogP contribution in [0.1, 0.15) is 0 Å². The van der Waals surface area contributed by atoms with Crippen molar-refractivity contribution < 1.29 is 13.2 Å². The molecule has 0 aromatic carbocycles. The van der Waals surface area contributed by atoms with E-state index in [2.05, 4.69) is 0 Å². The molecule has 0 aromatic heterocycles. The molecule has 0 spiro atoms. The van der Waals surface area contributed by atoms with E-state index in [1.807, 2.05) is 0 Å². The lowest BCUT2D eigenvalue weighted by atomic mass is 10.6. The van der Waals surface area contributed by atoms with Crippen LogP contribution in [0.25, 0.3) is 0 Å². The Hall–Kier alpha value is -0.620. The molecular formula is C4H10N2O3S. The van der Waals surface area contributed by atoms with Crippen LogP contribution in [0.2, 0.25) is 0 Å². The summed E-state index contributed by atoms with van der Waals surface area (Å²) in [5.74, 6) is -0.659. The summed E-state index contributed by atoms with van der Waals surface area (Å²) in [5.41, 5.74) is 4.74. The van der Waals surface area contributed by atoms with Crippen LogP contribution in [0.15, 0.2) is 0 Å². The minimum atomic E-state index is -3.27. The molecule has 0 radical (unpaired) electrons. The third-order valence-electron chi connectivity index (χ3n) is 0.945. The second kappa shape index (κ2) is 2.98. The van der Waals surface area contributed by atoms with Crippen molar-refractivity contribution in [3.8, 4) is 0 Å². The fraction of sp³-hybridized carbons (Fsp3) is 0.750. The zero-order valence-electron chi connectivity index (χ0n) is 5.86. The molecule has 0 aromatic rings. The number of amides is 1. The number of carbonyl (C=O) groups excluding carboxylic acids is 1. The summed E-state index contributed by atoms with van der Waals surface area (Å²) in [6.45, 7) is -0.265. The summed E-state index contributed by atoms with van der Waals surface area (Å²) >= 11 is 0. The molecule has 0 heterocycles. The molecule has 0 aliphatic heterocycles. The van der Waals surface area contributed by atoms with Gasteiger partial charge in [0.15, 0.2) is 0 Å². The molecule has 0 aliphatic carbocycles. The van der Waals surface area contributed by atoms with Crippen LogP contribution in [0, 0.1) is 0 Å². The lowest BCUT2D eigenvalue weighted by Crippen LogP contribution is -2.34.